The van der Waals surface area contributed by atoms with E-state index in [1.807, 2.05) is 0 Å². The fraction of sp³-hybridized carbons (Fsp3) is 0.917. The van der Waals surface area contributed by atoms with Crippen molar-refractivity contribution >= 4 is 15.7 Å². The second-order valence-electron chi connectivity index (χ2n) is 5.34. The molecule has 0 aromatic carbocycles. The number of sulfone groups is 1. The summed E-state index contributed by atoms with van der Waals surface area (Å²) in [5, 5.41) is 1.78. The summed E-state index contributed by atoms with van der Waals surface area (Å²) in [5.41, 5.74) is 5.62. The van der Waals surface area contributed by atoms with Gasteiger partial charge in [0.1, 0.15) is 5.25 Å². The van der Waals surface area contributed by atoms with E-state index in [2.05, 4.69) is 5.32 Å². The van der Waals surface area contributed by atoms with Gasteiger partial charge in [-0.1, -0.05) is 0 Å². The van der Waals surface area contributed by atoms with E-state index >= 15 is 0 Å². The maximum absolute atomic E-state index is 11.6. The lowest BCUT2D eigenvalue weighted by atomic mass is 9.82. The standard InChI is InChI=1S/C12H24N2O3S/c1-9(18(2,16)17)12(15)14-8-11-5-3-10(7-13)4-6-11/h9-11H,3-8,13H2,1-2H3,(H,14,15). The third-order valence-electron chi connectivity index (χ3n) is 3.88. The van der Waals surface area contributed by atoms with Gasteiger partial charge in [0.15, 0.2) is 9.84 Å². The lowest BCUT2D eigenvalue weighted by molar-refractivity contribution is -0.120. The largest absolute Gasteiger partial charge is 0.355 e. The molecule has 3 N–H and O–H groups in total. The highest BCUT2D eigenvalue weighted by Gasteiger charge is 2.25. The molecule has 0 aromatic heterocycles. The third-order valence-corrected chi connectivity index (χ3v) is 5.37. The summed E-state index contributed by atoms with van der Waals surface area (Å²) in [6.45, 7) is 2.75. The van der Waals surface area contributed by atoms with Crippen molar-refractivity contribution in [2.75, 3.05) is 19.3 Å². The van der Waals surface area contributed by atoms with Crippen LogP contribution in [0.4, 0.5) is 0 Å². The Labute approximate surface area is 109 Å². The number of carbonyl (C=O) groups excluding carboxylic acids is 1. The molecule has 1 unspecified atom stereocenters. The van der Waals surface area contributed by atoms with E-state index in [0.717, 1.165) is 38.5 Å². The van der Waals surface area contributed by atoms with E-state index in [9.17, 15) is 13.2 Å². The number of carbonyl (C=O) groups is 1. The number of amides is 1. The minimum Gasteiger partial charge on any atom is -0.355 e. The van der Waals surface area contributed by atoms with Gasteiger partial charge in [0, 0.05) is 12.8 Å². The minimum atomic E-state index is -3.30. The molecule has 5 nitrogen and oxygen atoms in total. The molecule has 106 valence electrons. The smallest absolute Gasteiger partial charge is 0.238 e. The maximum Gasteiger partial charge on any atom is 0.238 e. The van der Waals surface area contributed by atoms with Crippen molar-refractivity contribution in [3.8, 4) is 0 Å². The number of hydrogen-bond donors (Lipinski definition) is 2. The summed E-state index contributed by atoms with van der Waals surface area (Å²) in [6, 6.07) is 0. The molecule has 1 saturated carbocycles. The predicted molar refractivity (Wildman–Crippen MR) is 71.8 cm³/mol. The van der Waals surface area contributed by atoms with Gasteiger partial charge in [0.05, 0.1) is 0 Å². The number of nitrogens with two attached hydrogens (primary N) is 1. The van der Waals surface area contributed by atoms with Crippen LogP contribution in [0.5, 0.6) is 0 Å². The average molecular weight is 276 g/mol. The molecule has 0 radical (unpaired) electrons. The fourth-order valence-corrected chi connectivity index (χ4v) is 2.73. The fourth-order valence-electron chi connectivity index (χ4n) is 2.25. The molecule has 1 aliphatic rings. The zero-order valence-corrected chi connectivity index (χ0v) is 12.0. The Morgan fingerprint density at radius 1 is 1.28 bits per heavy atom. The second-order valence-corrected chi connectivity index (χ2v) is 7.71. The molecule has 1 rings (SSSR count). The van der Waals surface area contributed by atoms with Gasteiger partial charge in [-0.15, -0.1) is 0 Å². The van der Waals surface area contributed by atoms with E-state index in [0.29, 0.717) is 18.4 Å². The highest BCUT2D eigenvalue weighted by Crippen LogP contribution is 2.27. The molecule has 1 aliphatic carbocycles. The van der Waals surface area contributed by atoms with Gasteiger partial charge in [-0.3, -0.25) is 4.79 Å². The van der Waals surface area contributed by atoms with E-state index < -0.39 is 21.0 Å². The zero-order chi connectivity index (χ0) is 13.8. The normalized spacial score (nSPS) is 26.6. The van der Waals surface area contributed by atoms with Gasteiger partial charge in [-0.2, -0.15) is 0 Å². The highest BCUT2D eigenvalue weighted by atomic mass is 32.2. The van der Waals surface area contributed by atoms with Crippen LogP contribution < -0.4 is 11.1 Å². The monoisotopic (exact) mass is 276 g/mol. The molecule has 0 aromatic rings. The van der Waals surface area contributed by atoms with Crippen molar-refractivity contribution in [3.05, 3.63) is 0 Å². The van der Waals surface area contributed by atoms with E-state index in [1.54, 1.807) is 0 Å². The first-order valence-corrected chi connectivity index (χ1v) is 8.46. The van der Waals surface area contributed by atoms with Gasteiger partial charge in [-0.05, 0) is 51.0 Å². The van der Waals surface area contributed by atoms with Crippen molar-refractivity contribution in [2.45, 2.75) is 37.9 Å². The first kappa shape index (κ1) is 15.4. The molecular weight excluding hydrogens is 252 g/mol. The van der Waals surface area contributed by atoms with Crippen molar-refractivity contribution in [2.24, 2.45) is 17.6 Å². The molecule has 18 heavy (non-hydrogen) atoms. The molecule has 0 aliphatic heterocycles. The quantitative estimate of drug-likeness (QED) is 0.756. The molecule has 1 atom stereocenters. The second kappa shape index (κ2) is 6.52. The number of nitrogens with one attached hydrogen (secondary N) is 1. The number of rotatable bonds is 5. The van der Waals surface area contributed by atoms with Gasteiger partial charge >= 0.3 is 0 Å². The Bertz CT molecular complexity index is 373. The van der Waals surface area contributed by atoms with Crippen LogP contribution in [-0.2, 0) is 14.6 Å². The highest BCUT2D eigenvalue weighted by molar-refractivity contribution is 7.92. The van der Waals surface area contributed by atoms with Gasteiger partial charge < -0.3 is 11.1 Å². The van der Waals surface area contributed by atoms with E-state index in [-0.39, 0.29) is 0 Å². The summed E-state index contributed by atoms with van der Waals surface area (Å²) in [6.07, 6.45) is 5.44. The van der Waals surface area contributed by atoms with Crippen LogP contribution >= 0.6 is 0 Å². The van der Waals surface area contributed by atoms with Crippen LogP contribution in [0, 0.1) is 11.8 Å². The van der Waals surface area contributed by atoms with Crippen molar-refractivity contribution in [1.82, 2.24) is 5.32 Å². The minimum absolute atomic E-state index is 0.390. The van der Waals surface area contributed by atoms with E-state index in [4.69, 9.17) is 5.73 Å². The first-order valence-electron chi connectivity index (χ1n) is 6.51. The molecule has 1 amide bonds. The van der Waals surface area contributed by atoms with Gasteiger partial charge in [0.2, 0.25) is 5.91 Å². The van der Waals surface area contributed by atoms with Gasteiger partial charge in [-0.25, -0.2) is 8.42 Å². The molecule has 1 fully saturated rings. The van der Waals surface area contributed by atoms with Crippen LogP contribution in [0.25, 0.3) is 0 Å². The summed E-state index contributed by atoms with van der Waals surface area (Å²) < 4.78 is 22.5. The Morgan fingerprint density at radius 2 is 1.78 bits per heavy atom. The SMILES string of the molecule is CC(C(=O)NCC1CCC(CN)CC1)S(C)(=O)=O. The van der Waals surface area contributed by atoms with Crippen LogP contribution in [-0.4, -0.2) is 38.9 Å². The molecule has 0 saturated heterocycles. The lowest BCUT2D eigenvalue weighted by Gasteiger charge is -2.27. The van der Waals surface area contributed by atoms with Crippen molar-refractivity contribution < 1.29 is 13.2 Å². The van der Waals surface area contributed by atoms with Crippen molar-refractivity contribution in [3.63, 3.8) is 0 Å². The summed E-state index contributed by atoms with van der Waals surface area (Å²) in [4.78, 5) is 11.6. The maximum atomic E-state index is 11.6. The van der Waals surface area contributed by atoms with Crippen LogP contribution in [0.1, 0.15) is 32.6 Å². The van der Waals surface area contributed by atoms with Crippen molar-refractivity contribution in [1.29, 1.82) is 0 Å². The summed E-state index contributed by atoms with van der Waals surface area (Å²) in [7, 11) is -3.30. The predicted octanol–water partition coefficient (Wildman–Crippen LogP) is 0.301. The topological polar surface area (TPSA) is 89.3 Å². The Kier molecular flexibility index (Phi) is 5.59. The average Bonchev–Trinajstić information content (AvgIpc) is 2.34. The molecule has 0 heterocycles. The Hall–Kier alpha value is -0.620. The van der Waals surface area contributed by atoms with Crippen LogP contribution in [0.15, 0.2) is 0 Å². The Morgan fingerprint density at radius 3 is 2.22 bits per heavy atom. The Balaban J connectivity index is 2.32. The summed E-state index contributed by atoms with van der Waals surface area (Å²) in [5.74, 6) is 0.689. The molecular formula is C12H24N2O3S. The molecule has 0 bridgehead atoms. The van der Waals surface area contributed by atoms with Crippen LogP contribution in [0.2, 0.25) is 0 Å². The number of hydrogen-bond acceptors (Lipinski definition) is 4. The lowest BCUT2D eigenvalue weighted by Crippen LogP contribution is -2.40. The zero-order valence-electron chi connectivity index (χ0n) is 11.2. The van der Waals surface area contributed by atoms with Crippen LogP contribution in [0.3, 0.4) is 0 Å². The molecule has 6 heteroatoms. The summed E-state index contributed by atoms with van der Waals surface area (Å²) >= 11 is 0. The van der Waals surface area contributed by atoms with Gasteiger partial charge in [0.25, 0.3) is 0 Å². The molecule has 0 spiro atoms. The van der Waals surface area contributed by atoms with E-state index in [1.165, 1.54) is 6.92 Å². The third kappa shape index (κ3) is 4.57. The first-order chi connectivity index (χ1) is 8.34.